The molecule has 0 aromatic heterocycles. The molecule has 0 saturated carbocycles. The summed E-state index contributed by atoms with van der Waals surface area (Å²) in [6.45, 7) is 8.24. The van der Waals surface area contributed by atoms with E-state index < -0.39 is 0 Å². The molecule has 1 aliphatic rings. The molecule has 0 radical (unpaired) electrons. The molecule has 3 rings (SSSR count). The summed E-state index contributed by atoms with van der Waals surface area (Å²) in [6.07, 6.45) is 0. The molecule has 1 saturated heterocycles. The van der Waals surface area contributed by atoms with Crippen molar-refractivity contribution in [1.82, 2.24) is 4.90 Å². The largest absolute Gasteiger partial charge is 0.327 e. The Morgan fingerprint density at radius 2 is 1.54 bits per heavy atom. The number of hydrogen-bond acceptors (Lipinski definition) is 1. The summed E-state index contributed by atoms with van der Waals surface area (Å²) < 4.78 is 1.05. The van der Waals surface area contributed by atoms with Crippen molar-refractivity contribution in [1.29, 1.82) is 0 Å². The number of amides is 1. The van der Waals surface area contributed by atoms with Gasteiger partial charge in [-0.25, -0.2) is 0 Å². The molecule has 0 unspecified atom stereocenters. The minimum Gasteiger partial charge on any atom is -0.327 e. The second kappa shape index (κ2) is 6.78. The highest BCUT2D eigenvalue weighted by molar-refractivity contribution is 6.00. The third-order valence-electron chi connectivity index (χ3n) is 5.54. The molecule has 0 aliphatic carbocycles. The topological polar surface area (TPSA) is 20.3 Å². The predicted octanol–water partition coefficient (Wildman–Crippen LogP) is 3.66. The molecule has 24 heavy (non-hydrogen) atoms. The van der Waals surface area contributed by atoms with Crippen molar-refractivity contribution in [3.05, 3.63) is 60.2 Å². The van der Waals surface area contributed by atoms with Crippen molar-refractivity contribution >= 4 is 5.91 Å². The lowest BCUT2D eigenvalue weighted by Crippen LogP contribution is -2.61. The Kier molecular flexibility index (Phi) is 4.72. The summed E-state index contributed by atoms with van der Waals surface area (Å²) in [7, 11) is 2.30. The molecule has 1 aliphatic heterocycles. The van der Waals surface area contributed by atoms with E-state index in [1.165, 1.54) is 0 Å². The lowest BCUT2D eigenvalue weighted by atomic mass is 9.98. The third-order valence-corrected chi connectivity index (χ3v) is 5.54. The second-order valence-corrected chi connectivity index (χ2v) is 7.22. The van der Waals surface area contributed by atoms with Crippen LogP contribution in [0.1, 0.15) is 24.2 Å². The molecule has 2 aromatic rings. The molecule has 2 aromatic carbocycles. The van der Waals surface area contributed by atoms with Gasteiger partial charge in [-0.3, -0.25) is 4.79 Å². The average Bonchev–Trinajstić information content (AvgIpc) is 2.62. The quantitative estimate of drug-likeness (QED) is 0.789. The molecule has 0 N–H and O–H groups in total. The maximum Gasteiger partial charge on any atom is 0.254 e. The number of piperazine rings is 1. The molecule has 0 spiro atoms. The van der Waals surface area contributed by atoms with Gasteiger partial charge in [-0.2, -0.15) is 0 Å². The summed E-state index contributed by atoms with van der Waals surface area (Å²) in [6, 6.07) is 18.7. The molecule has 126 valence electrons. The molecule has 0 atom stereocenters. The highest BCUT2D eigenvalue weighted by Crippen LogP contribution is 2.25. The van der Waals surface area contributed by atoms with Gasteiger partial charge >= 0.3 is 0 Å². The van der Waals surface area contributed by atoms with Gasteiger partial charge in [0.05, 0.1) is 39.3 Å². The Hall–Kier alpha value is -2.13. The highest BCUT2D eigenvalue weighted by Gasteiger charge is 2.33. The molecule has 3 nitrogen and oxygen atoms in total. The fraction of sp³-hybridized carbons (Fsp3) is 0.381. The zero-order valence-electron chi connectivity index (χ0n) is 14.9. The van der Waals surface area contributed by atoms with E-state index >= 15 is 0 Å². The van der Waals surface area contributed by atoms with Gasteiger partial charge in [-0.1, -0.05) is 48.5 Å². The van der Waals surface area contributed by atoms with Crippen molar-refractivity contribution < 1.29 is 9.28 Å². The van der Waals surface area contributed by atoms with Crippen LogP contribution in [0.5, 0.6) is 0 Å². The Morgan fingerprint density at radius 3 is 2.17 bits per heavy atom. The van der Waals surface area contributed by atoms with E-state index in [1.54, 1.807) is 0 Å². The number of likely N-dealkylation sites (N-methyl/N-ethyl adjacent to an activating group) is 1. The molecule has 1 fully saturated rings. The summed E-state index contributed by atoms with van der Waals surface area (Å²) in [5.41, 5.74) is 2.93. The lowest BCUT2D eigenvalue weighted by Gasteiger charge is -2.45. The maximum atomic E-state index is 13.1. The van der Waals surface area contributed by atoms with E-state index in [4.69, 9.17) is 0 Å². The van der Waals surface area contributed by atoms with Gasteiger partial charge < -0.3 is 9.38 Å². The van der Waals surface area contributed by atoms with Gasteiger partial charge in [0.1, 0.15) is 0 Å². The standard InChI is InChI=1S/C21H27N2O/c1-17(2)23(3)15-13-22(14-16-23)21(24)20-12-8-7-11-19(20)18-9-5-4-6-10-18/h4-12,17H,13-16H2,1-3H3/q+1. The molecular weight excluding hydrogens is 296 g/mol. The minimum absolute atomic E-state index is 0.157. The van der Waals surface area contributed by atoms with Crippen LogP contribution in [-0.4, -0.2) is 54.6 Å². The van der Waals surface area contributed by atoms with Crippen molar-refractivity contribution in [3.8, 4) is 11.1 Å². The third kappa shape index (κ3) is 3.22. The number of carbonyl (C=O) groups is 1. The van der Waals surface area contributed by atoms with E-state index in [-0.39, 0.29) is 5.91 Å². The van der Waals surface area contributed by atoms with E-state index in [9.17, 15) is 4.79 Å². The van der Waals surface area contributed by atoms with Crippen LogP contribution in [0.2, 0.25) is 0 Å². The first kappa shape index (κ1) is 16.7. The van der Waals surface area contributed by atoms with E-state index in [2.05, 4.69) is 33.0 Å². The van der Waals surface area contributed by atoms with Gasteiger partial charge in [0.15, 0.2) is 0 Å². The van der Waals surface area contributed by atoms with Gasteiger partial charge in [0.25, 0.3) is 5.91 Å². The van der Waals surface area contributed by atoms with Crippen molar-refractivity contribution in [2.24, 2.45) is 0 Å². The zero-order chi connectivity index (χ0) is 17.2. The van der Waals surface area contributed by atoms with Gasteiger partial charge in [0, 0.05) is 5.56 Å². The number of hydrogen-bond donors (Lipinski definition) is 0. The van der Waals surface area contributed by atoms with Crippen LogP contribution in [0.25, 0.3) is 11.1 Å². The predicted molar refractivity (Wildman–Crippen MR) is 98.8 cm³/mol. The first-order valence-corrected chi connectivity index (χ1v) is 8.79. The first-order valence-electron chi connectivity index (χ1n) is 8.79. The molecule has 1 amide bonds. The number of rotatable bonds is 3. The average molecular weight is 323 g/mol. The number of benzene rings is 2. The van der Waals surface area contributed by atoms with Crippen LogP contribution in [0.4, 0.5) is 0 Å². The Balaban J connectivity index is 1.82. The van der Waals surface area contributed by atoms with Crippen LogP contribution in [0.3, 0.4) is 0 Å². The number of nitrogens with zero attached hydrogens (tertiary/aromatic N) is 2. The van der Waals surface area contributed by atoms with Crippen LogP contribution >= 0.6 is 0 Å². The van der Waals surface area contributed by atoms with Crippen molar-refractivity contribution in [2.75, 3.05) is 33.2 Å². The van der Waals surface area contributed by atoms with Crippen molar-refractivity contribution in [2.45, 2.75) is 19.9 Å². The number of carbonyl (C=O) groups excluding carboxylic acids is 1. The smallest absolute Gasteiger partial charge is 0.254 e. The Bertz CT molecular complexity index is 701. The lowest BCUT2D eigenvalue weighted by molar-refractivity contribution is -0.933. The SMILES string of the molecule is CC(C)[N+]1(C)CCN(C(=O)c2ccccc2-c2ccccc2)CC1. The summed E-state index contributed by atoms with van der Waals surface area (Å²) >= 11 is 0. The maximum absolute atomic E-state index is 13.1. The number of quaternary nitrogens is 1. The van der Waals surface area contributed by atoms with E-state index in [0.29, 0.717) is 6.04 Å². The molecule has 0 bridgehead atoms. The first-order chi connectivity index (χ1) is 11.5. The fourth-order valence-electron chi connectivity index (χ4n) is 3.35. The molecule has 3 heteroatoms. The molecular formula is C21H27N2O+. The van der Waals surface area contributed by atoms with Crippen LogP contribution in [-0.2, 0) is 0 Å². The normalized spacial score (nSPS) is 17.1. The van der Waals surface area contributed by atoms with E-state index in [0.717, 1.165) is 47.4 Å². The van der Waals surface area contributed by atoms with Gasteiger partial charge in [-0.15, -0.1) is 0 Å². The fourth-order valence-corrected chi connectivity index (χ4v) is 3.35. The summed E-state index contributed by atoms with van der Waals surface area (Å²) in [5.74, 6) is 0.157. The van der Waals surface area contributed by atoms with Crippen molar-refractivity contribution in [3.63, 3.8) is 0 Å². The van der Waals surface area contributed by atoms with Gasteiger partial charge in [0.2, 0.25) is 0 Å². The zero-order valence-corrected chi connectivity index (χ0v) is 14.9. The van der Waals surface area contributed by atoms with E-state index in [1.807, 2.05) is 47.4 Å². The second-order valence-electron chi connectivity index (χ2n) is 7.22. The Labute approximate surface area is 145 Å². The van der Waals surface area contributed by atoms with Crippen LogP contribution < -0.4 is 0 Å². The van der Waals surface area contributed by atoms with Gasteiger partial charge in [-0.05, 0) is 31.0 Å². The summed E-state index contributed by atoms with van der Waals surface area (Å²) in [4.78, 5) is 15.1. The monoisotopic (exact) mass is 323 g/mol. The Morgan fingerprint density at radius 1 is 0.958 bits per heavy atom. The highest BCUT2D eigenvalue weighted by atomic mass is 16.2. The minimum atomic E-state index is 0.157. The molecule has 1 heterocycles. The summed E-state index contributed by atoms with van der Waals surface area (Å²) in [5, 5.41) is 0. The van der Waals surface area contributed by atoms with Crippen LogP contribution in [0, 0.1) is 0 Å². The van der Waals surface area contributed by atoms with Crippen LogP contribution in [0.15, 0.2) is 54.6 Å².